The fourth-order valence-electron chi connectivity index (χ4n) is 2.49. The number of aromatic nitrogens is 1. The smallest absolute Gasteiger partial charge is 0.198 e. The molecule has 0 saturated carbocycles. The first-order chi connectivity index (χ1) is 9.78. The van der Waals surface area contributed by atoms with Gasteiger partial charge in [-0.1, -0.05) is 0 Å². The van der Waals surface area contributed by atoms with Crippen LogP contribution < -0.4 is 4.74 Å². The van der Waals surface area contributed by atoms with Gasteiger partial charge in [0.25, 0.3) is 0 Å². The van der Waals surface area contributed by atoms with E-state index in [1.165, 1.54) is 0 Å². The lowest BCUT2D eigenvalue weighted by Gasteiger charge is -2.03. The number of ether oxygens (including phenoxy) is 2. The van der Waals surface area contributed by atoms with E-state index in [4.69, 9.17) is 9.47 Å². The van der Waals surface area contributed by atoms with Gasteiger partial charge in [0.15, 0.2) is 5.88 Å². The average molecular weight is 274 g/mol. The molecule has 2 N–H and O–H groups in total. The molecule has 106 valence electrons. The first-order valence-electron chi connectivity index (χ1n) is 6.78. The first kappa shape index (κ1) is 13.0. The third-order valence-corrected chi connectivity index (χ3v) is 3.58. The van der Waals surface area contributed by atoms with Crippen LogP contribution in [-0.2, 0) is 4.74 Å². The van der Waals surface area contributed by atoms with E-state index in [9.17, 15) is 5.11 Å². The highest BCUT2D eigenvalue weighted by Gasteiger charge is 2.14. The number of aromatic amines is 1. The van der Waals surface area contributed by atoms with Gasteiger partial charge in [0.2, 0.25) is 0 Å². The molecule has 0 bridgehead atoms. The van der Waals surface area contributed by atoms with Crippen molar-refractivity contribution in [1.82, 2.24) is 4.98 Å². The van der Waals surface area contributed by atoms with Gasteiger partial charge in [-0.2, -0.15) is 0 Å². The Labute approximate surface area is 117 Å². The molecule has 20 heavy (non-hydrogen) atoms. The van der Waals surface area contributed by atoms with E-state index >= 15 is 0 Å². The lowest BCUT2D eigenvalue weighted by atomic mass is 10.1. The summed E-state index contributed by atoms with van der Waals surface area (Å²) in [4.78, 5) is 7.33. The van der Waals surface area contributed by atoms with Crippen LogP contribution in [-0.4, -0.2) is 42.7 Å². The minimum absolute atomic E-state index is 0.129. The second-order valence-electron chi connectivity index (χ2n) is 4.93. The minimum atomic E-state index is 0.129. The summed E-state index contributed by atoms with van der Waals surface area (Å²) in [5.41, 5.74) is 1.55. The second-order valence-corrected chi connectivity index (χ2v) is 4.93. The van der Waals surface area contributed by atoms with E-state index in [2.05, 4.69) is 9.98 Å². The molecule has 0 amide bonds. The van der Waals surface area contributed by atoms with Gasteiger partial charge < -0.3 is 19.6 Å². The molecule has 2 aromatic rings. The number of benzene rings is 1. The number of rotatable bonds is 4. The number of H-pyrrole nitrogens is 1. The lowest BCUT2D eigenvalue weighted by molar-refractivity contribution is 0.118. The Balaban J connectivity index is 1.85. The number of hydrogen-bond donors (Lipinski definition) is 2. The van der Waals surface area contributed by atoms with Crippen LogP contribution in [0.1, 0.15) is 18.4 Å². The fourth-order valence-corrected chi connectivity index (χ4v) is 2.49. The zero-order valence-corrected chi connectivity index (χ0v) is 11.4. The lowest BCUT2D eigenvalue weighted by Crippen LogP contribution is -2.08. The molecule has 3 rings (SSSR count). The van der Waals surface area contributed by atoms with Crippen LogP contribution >= 0.6 is 0 Å². The van der Waals surface area contributed by atoms with Gasteiger partial charge in [0.1, 0.15) is 5.75 Å². The van der Waals surface area contributed by atoms with E-state index in [0.29, 0.717) is 12.1 Å². The Hall–Kier alpha value is -2.01. The standard InChI is InChI=1S/C15H18N2O3/c1-19-10-4-5-14-12(7-10)13(15(18)17-14)9-16-8-11-3-2-6-20-11/h4-5,7,9,11,17-18H,2-3,6,8H2,1H3. The Morgan fingerprint density at radius 1 is 1.55 bits per heavy atom. The molecule has 0 aliphatic carbocycles. The summed E-state index contributed by atoms with van der Waals surface area (Å²) in [6.45, 7) is 1.46. The molecule has 5 nitrogen and oxygen atoms in total. The van der Waals surface area contributed by atoms with E-state index in [1.807, 2.05) is 18.2 Å². The van der Waals surface area contributed by atoms with Gasteiger partial charge in [-0.3, -0.25) is 4.99 Å². The third-order valence-electron chi connectivity index (χ3n) is 3.58. The predicted molar refractivity (Wildman–Crippen MR) is 78.0 cm³/mol. The molecular weight excluding hydrogens is 256 g/mol. The van der Waals surface area contributed by atoms with Crippen LogP contribution in [0, 0.1) is 0 Å². The maximum absolute atomic E-state index is 9.97. The Morgan fingerprint density at radius 3 is 3.20 bits per heavy atom. The molecule has 0 spiro atoms. The van der Waals surface area contributed by atoms with E-state index < -0.39 is 0 Å². The van der Waals surface area contributed by atoms with Crippen molar-refractivity contribution in [1.29, 1.82) is 0 Å². The topological polar surface area (TPSA) is 66.8 Å². The summed E-state index contributed by atoms with van der Waals surface area (Å²) in [6.07, 6.45) is 4.09. The largest absolute Gasteiger partial charge is 0.497 e. The summed E-state index contributed by atoms with van der Waals surface area (Å²) < 4.78 is 10.7. The molecular formula is C15H18N2O3. The zero-order valence-electron chi connectivity index (χ0n) is 11.4. The molecule has 1 aliphatic rings. The number of nitrogens with zero attached hydrogens (tertiary/aromatic N) is 1. The summed E-state index contributed by atoms with van der Waals surface area (Å²) in [6, 6.07) is 5.62. The maximum Gasteiger partial charge on any atom is 0.198 e. The van der Waals surface area contributed by atoms with Crippen molar-refractivity contribution in [2.24, 2.45) is 4.99 Å². The number of aromatic hydroxyl groups is 1. The van der Waals surface area contributed by atoms with E-state index in [1.54, 1.807) is 13.3 Å². The molecule has 5 heteroatoms. The highest BCUT2D eigenvalue weighted by molar-refractivity contribution is 6.02. The molecule has 1 aliphatic heterocycles. The molecule has 1 atom stereocenters. The number of methoxy groups -OCH3 is 1. The summed E-state index contributed by atoms with van der Waals surface area (Å²) in [5, 5.41) is 10.9. The monoisotopic (exact) mass is 274 g/mol. The molecule has 2 heterocycles. The van der Waals surface area contributed by atoms with Crippen LogP contribution in [0.2, 0.25) is 0 Å². The number of hydrogen-bond acceptors (Lipinski definition) is 4. The average Bonchev–Trinajstić information content (AvgIpc) is 3.07. The number of aliphatic imine (C=N–C) groups is 1. The second kappa shape index (κ2) is 5.54. The van der Waals surface area contributed by atoms with Crippen molar-refractivity contribution in [3.8, 4) is 11.6 Å². The van der Waals surface area contributed by atoms with Gasteiger partial charge in [0, 0.05) is 23.7 Å². The molecule has 1 fully saturated rings. The van der Waals surface area contributed by atoms with Gasteiger partial charge >= 0.3 is 0 Å². The quantitative estimate of drug-likeness (QED) is 0.842. The summed E-state index contributed by atoms with van der Waals surface area (Å²) in [5.74, 6) is 0.884. The van der Waals surface area contributed by atoms with Crippen molar-refractivity contribution >= 4 is 17.1 Å². The van der Waals surface area contributed by atoms with Crippen LogP contribution in [0.5, 0.6) is 11.6 Å². The van der Waals surface area contributed by atoms with Gasteiger partial charge in [0.05, 0.1) is 25.3 Å². The van der Waals surface area contributed by atoms with Crippen molar-refractivity contribution in [3.05, 3.63) is 23.8 Å². The first-order valence-corrected chi connectivity index (χ1v) is 6.78. The van der Waals surface area contributed by atoms with Crippen LogP contribution in [0.3, 0.4) is 0 Å². The Morgan fingerprint density at radius 2 is 2.45 bits per heavy atom. The van der Waals surface area contributed by atoms with Crippen LogP contribution in [0.15, 0.2) is 23.2 Å². The molecule has 1 saturated heterocycles. The highest BCUT2D eigenvalue weighted by atomic mass is 16.5. The SMILES string of the molecule is COc1ccc2[nH]c(O)c(C=NCC3CCCO3)c2c1. The highest BCUT2D eigenvalue weighted by Crippen LogP contribution is 2.28. The number of fused-ring (bicyclic) bond motifs is 1. The Bertz CT molecular complexity index is 627. The maximum atomic E-state index is 9.97. The van der Waals surface area contributed by atoms with Gasteiger partial charge in [-0.15, -0.1) is 0 Å². The Kier molecular flexibility index (Phi) is 3.60. The summed E-state index contributed by atoms with van der Waals surface area (Å²) in [7, 11) is 1.62. The fraction of sp³-hybridized carbons (Fsp3) is 0.400. The molecule has 1 aromatic carbocycles. The number of nitrogens with one attached hydrogen (secondary N) is 1. The molecule has 0 radical (unpaired) electrons. The van der Waals surface area contributed by atoms with E-state index in [-0.39, 0.29) is 12.0 Å². The minimum Gasteiger partial charge on any atom is -0.497 e. The van der Waals surface area contributed by atoms with Gasteiger partial charge in [-0.05, 0) is 31.0 Å². The van der Waals surface area contributed by atoms with Crippen LogP contribution in [0.4, 0.5) is 0 Å². The molecule has 1 unspecified atom stereocenters. The normalized spacial score (nSPS) is 19.1. The third kappa shape index (κ3) is 2.49. The van der Waals surface area contributed by atoms with Crippen LogP contribution in [0.25, 0.3) is 10.9 Å². The zero-order chi connectivity index (χ0) is 13.9. The van der Waals surface area contributed by atoms with Gasteiger partial charge in [-0.25, -0.2) is 0 Å². The van der Waals surface area contributed by atoms with Crippen molar-refractivity contribution in [2.75, 3.05) is 20.3 Å². The summed E-state index contributed by atoms with van der Waals surface area (Å²) >= 11 is 0. The predicted octanol–water partition coefficient (Wildman–Crippen LogP) is 2.48. The van der Waals surface area contributed by atoms with Crippen molar-refractivity contribution < 1.29 is 14.6 Å². The van der Waals surface area contributed by atoms with Crippen molar-refractivity contribution in [2.45, 2.75) is 18.9 Å². The van der Waals surface area contributed by atoms with Crippen molar-refractivity contribution in [3.63, 3.8) is 0 Å². The van der Waals surface area contributed by atoms with E-state index in [0.717, 1.165) is 36.1 Å². The molecule has 1 aromatic heterocycles.